The summed E-state index contributed by atoms with van der Waals surface area (Å²) in [5.41, 5.74) is -0.388. The fourth-order valence-corrected chi connectivity index (χ4v) is 2.91. The third kappa shape index (κ3) is 2.80. The molecule has 0 aromatic heterocycles. The Bertz CT molecular complexity index is 274. The molecule has 17 heavy (non-hydrogen) atoms. The van der Waals surface area contributed by atoms with Crippen LogP contribution in [0, 0.1) is 5.92 Å². The van der Waals surface area contributed by atoms with Crippen molar-refractivity contribution in [2.75, 3.05) is 13.2 Å². The van der Waals surface area contributed by atoms with Gasteiger partial charge in [-0.15, -0.1) is 0 Å². The van der Waals surface area contributed by atoms with E-state index in [9.17, 15) is 9.90 Å². The van der Waals surface area contributed by atoms with Crippen molar-refractivity contribution in [2.24, 2.45) is 5.92 Å². The quantitative estimate of drug-likeness (QED) is 0.781. The van der Waals surface area contributed by atoms with E-state index in [1.807, 2.05) is 6.92 Å². The molecule has 2 rings (SSSR count). The molecule has 1 amide bonds. The molecule has 2 unspecified atom stereocenters. The topological polar surface area (TPSA) is 58.6 Å². The third-order valence-corrected chi connectivity index (χ3v) is 4.15. The Kier molecular flexibility index (Phi) is 4.05. The van der Waals surface area contributed by atoms with Gasteiger partial charge in [0.25, 0.3) is 0 Å². The molecule has 4 nitrogen and oxygen atoms in total. The summed E-state index contributed by atoms with van der Waals surface area (Å²) in [4.78, 5) is 12.1. The highest BCUT2D eigenvalue weighted by atomic mass is 16.5. The van der Waals surface area contributed by atoms with E-state index < -0.39 is 0 Å². The molecular formula is C13H23NO3. The molecule has 2 fully saturated rings. The maximum atomic E-state index is 12.1. The summed E-state index contributed by atoms with van der Waals surface area (Å²) >= 11 is 0. The Labute approximate surface area is 103 Å². The average Bonchev–Trinajstić information content (AvgIpc) is 2.77. The molecule has 1 aliphatic carbocycles. The standard InChI is InChI=1S/C13H23NO3/c1-10-5-8-17-11(10)12(16)14-13(9-15)6-3-2-4-7-13/h10-11,15H,2-9H2,1H3,(H,14,16). The number of rotatable bonds is 3. The molecule has 0 radical (unpaired) electrons. The lowest BCUT2D eigenvalue weighted by Crippen LogP contribution is -2.55. The van der Waals surface area contributed by atoms with Gasteiger partial charge in [-0.2, -0.15) is 0 Å². The van der Waals surface area contributed by atoms with E-state index in [1.54, 1.807) is 0 Å². The molecule has 0 aromatic rings. The second-order valence-electron chi connectivity index (χ2n) is 5.55. The molecule has 2 atom stereocenters. The van der Waals surface area contributed by atoms with Gasteiger partial charge in [0.05, 0.1) is 12.1 Å². The number of hydrogen-bond donors (Lipinski definition) is 2. The molecule has 1 aliphatic heterocycles. The SMILES string of the molecule is CC1CCOC1C(=O)NC1(CO)CCCCC1. The first-order valence-corrected chi connectivity index (χ1v) is 6.71. The van der Waals surface area contributed by atoms with Gasteiger partial charge in [-0.1, -0.05) is 26.2 Å². The molecule has 2 aliphatic rings. The summed E-state index contributed by atoms with van der Waals surface area (Å²) in [6.45, 7) is 2.76. The van der Waals surface area contributed by atoms with Crippen LogP contribution in [0.25, 0.3) is 0 Å². The summed E-state index contributed by atoms with van der Waals surface area (Å²) in [6.07, 6.45) is 5.77. The first-order valence-electron chi connectivity index (χ1n) is 6.71. The zero-order valence-corrected chi connectivity index (χ0v) is 10.6. The molecule has 2 N–H and O–H groups in total. The van der Waals surface area contributed by atoms with Gasteiger partial charge >= 0.3 is 0 Å². The van der Waals surface area contributed by atoms with Crippen LogP contribution in [-0.4, -0.2) is 35.9 Å². The number of nitrogens with one attached hydrogen (secondary N) is 1. The predicted octanol–water partition coefficient (Wildman–Crippen LogP) is 1.22. The minimum atomic E-state index is -0.388. The number of aliphatic hydroxyl groups is 1. The summed E-state index contributed by atoms with van der Waals surface area (Å²) in [5.74, 6) is 0.250. The number of aliphatic hydroxyl groups excluding tert-OH is 1. The smallest absolute Gasteiger partial charge is 0.249 e. The van der Waals surface area contributed by atoms with Crippen LogP contribution in [-0.2, 0) is 9.53 Å². The molecule has 1 saturated heterocycles. The average molecular weight is 241 g/mol. The lowest BCUT2D eigenvalue weighted by molar-refractivity contribution is -0.134. The van der Waals surface area contributed by atoms with Crippen LogP contribution >= 0.6 is 0 Å². The van der Waals surface area contributed by atoms with Crippen LogP contribution in [0.15, 0.2) is 0 Å². The fraction of sp³-hybridized carbons (Fsp3) is 0.923. The maximum Gasteiger partial charge on any atom is 0.249 e. The highest BCUT2D eigenvalue weighted by Crippen LogP contribution is 2.29. The monoisotopic (exact) mass is 241 g/mol. The zero-order chi connectivity index (χ0) is 12.3. The molecule has 0 aromatic carbocycles. The van der Waals surface area contributed by atoms with E-state index in [1.165, 1.54) is 6.42 Å². The molecule has 1 saturated carbocycles. The van der Waals surface area contributed by atoms with Gasteiger partial charge in [0.15, 0.2) is 0 Å². The molecule has 4 heteroatoms. The van der Waals surface area contributed by atoms with Gasteiger partial charge in [-0.25, -0.2) is 0 Å². The van der Waals surface area contributed by atoms with Gasteiger partial charge < -0.3 is 15.2 Å². The molecule has 1 heterocycles. The minimum absolute atomic E-state index is 0.0362. The fourth-order valence-electron chi connectivity index (χ4n) is 2.91. The van der Waals surface area contributed by atoms with E-state index in [2.05, 4.69) is 5.32 Å². The van der Waals surface area contributed by atoms with Crippen molar-refractivity contribution < 1.29 is 14.6 Å². The highest BCUT2D eigenvalue weighted by Gasteiger charge is 2.38. The Morgan fingerprint density at radius 2 is 2.12 bits per heavy atom. The Morgan fingerprint density at radius 3 is 2.65 bits per heavy atom. The van der Waals surface area contributed by atoms with Crippen LogP contribution in [0.1, 0.15) is 45.4 Å². The number of carbonyl (C=O) groups is 1. The summed E-state index contributed by atoms with van der Waals surface area (Å²) in [6, 6.07) is 0. The zero-order valence-electron chi connectivity index (χ0n) is 10.6. The van der Waals surface area contributed by atoms with Crippen LogP contribution in [0.2, 0.25) is 0 Å². The van der Waals surface area contributed by atoms with Gasteiger partial charge in [0.1, 0.15) is 6.10 Å². The Morgan fingerprint density at radius 1 is 1.41 bits per heavy atom. The van der Waals surface area contributed by atoms with E-state index in [0.29, 0.717) is 6.61 Å². The van der Waals surface area contributed by atoms with Crippen molar-refractivity contribution >= 4 is 5.91 Å². The number of amides is 1. The van der Waals surface area contributed by atoms with E-state index in [4.69, 9.17) is 4.74 Å². The third-order valence-electron chi connectivity index (χ3n) is 4.15. The van der Waals surface area contributed by atoms with Crippen molar-refractivity contribution in [1.82, 2.24) is 5.32 Å². The normalized spacial score (nSPS) is 32.4. The maximum absolute atomic E-state index is 12.1. The minimum Gasteiger partial charge on any atom is -0.394 e. The highest BCUT2D eigenvalue weighted by molar-refractivity contribution is 5.82. The van der Waals surface area contributed by atoms with E-state index in [0.717, 1.165) is 32.1 Å². The van der Waals surface area contributed by atoms with Gasteiger partial charge in [0.2, 0.25) is 5.91 Å². The van der Waals surface area contributed by atoms with Crippen molar-refractivity contribution in [3.8, 4) is 0 Å². The molecule has 98 valence electrons. The van der Waals surface area contributed by atoms with Crippen LogP contribution < -0.4 is 5.32 Å². The molecular weight excluding hydrogens is 218 g/mol. The Balaban J connectivity index is 1.95. The number of hydrogen-bond acceptors (Lipinski definition) is 3. The van der Waals surface area contributed by atoms with Crippen molar-refractivity contribution in [2.45, 2.75) is 57.1 Å². The van der Waals surface area contributed by atoms with Crippen molar-refractivity contribution in [3.05, 3.63) is 0 Å². The summed E-state index contributed by atoms with van der Waals surface area (Å²) in [7, 11) is 0. The first-order chi connectivity index (χ1) is 8.17. The van der Waals surface area contributed by atoms with Crippen LogP contribution in [0.3, 0.4) is 0 Å². The lowest BCUT2D eigenvalue weighted by Gasteiger charge is -2.37. The number of ether oxygens (including phenoxy) is 1. The van der Waals surface area contributed by atoms with Gasteiger partial charge in [-0.05, 0) is 25.2 Å². The van der Waals surface area contributed by atoms with Crippen molar-refractivity contribution in [3.63, 3.8) is 0 Å². The summed E-state index contributed by atoms with van der Waals surface area (Å²) in [5, 5.41) is 12.6. The van der Waals surface area contributed by atoms with Crippen LogP contribution in [0.4, 0.5) is 0 Å². The number of carbonyl (C=O) groups excluding carboxylic acids is 1. The molecule has 0 bridgehead atoms. The Hall–Kier alpha value is -0.610. The predicted molar refractivity (Wildman–Crippen MR) is 64.6 cm³/mol. The first kappa shape index (κ1) is 12.8. The van der Waals surface area contributed by atoms with Crippen molar-refractivity contribution in [1.29, 1.82) is 0 Å². The van der Waals surface area contributed by atoms with E-state index in [-0.39, 0.29) is 30.1 Å². The van der Waals surface area contributed by atoms with Gasteiger partial charge in [0, 0.05) is 6.61 Å². The molecule has 0 spiro atoms. The largest absolute Gasteiger partial charge is 0.394 e. The van der Waals surface area contributed by atoms with Gasteiger partial charge in [-0.3, -0.25) is 4.79 Å². The van der Waals surface area contributed by atoms with Crippen LogP contribution in [0.5, 0.6) is 0 Å². The lowest BCUT2D eigenvalue weighted by atomic mass is 9.82. The summed E-state index contributed by atoms with van der Waals surface area (Å²) < 4.78 is 5.46. The second-order valence-corrected chi connectivity index (χ2v) is 5.55. The van der Waals surface area contributed by atoms with E-state index >= 15 is 0 Å². The second kappa shape index (κ2) is 5.36.